The zero-order chi connectivity index (χ0) is 19.9. The summed E-state index contributed by atoms with van der Waals surface area (Å²) in [5.74, 6) is 1.22. The van der Waals surface area contributed by atoms with Gasteiger partial charge in [0.1, 0.15) is 23.4 Å². The van der Waals surface area contributed by atoms with Gasteiger partial charge in [-0.1, -0.05) is 12.1 Å². The molecule has 150 valence electrons. The van der Waals surface area contributed by atoms with Crippen molar-refractivity contribution in [1.29, 1.82) is 0 Å². The van der Waals surface area contributed by atoms with Crippen LogP contribution >= 0.6 is 0 Å². The second kappa shape index (κ2) is 9.41. The van der Waals surface area contributed by atoms with E-state index in [1.165, 1.54) is 12.1 Å². The van der Waals surface area contributed by atoms with E-state index in [9.17, 15) is 9.18 Å². The van der Waals surface area contributed by atoms with Crippen molar-refractivity contribution in [3.05, 3.63) is 59.4 Å². The predicted octanol–water partition coefficient (Wildman–Crippen LogP) is 3.17. The van der Waals surface area contributed by atoms with E-state index in [0.717, 1.165) is 22.6 Å². The summed E-state index contributed by atoms with van der Waals surface area (Å²) in [6.07, 6.45) is 0.372. The highest BCUT2D eigenvalue weighted by Gasteiger charge is 2.25. The molecule has 1 atom stereocenters. The maximum absolute atomic E-state index is 13.1. The Balaban J connectivity index is 1.54. The SMILES string of the molecule is COc1ccc(OC)c(CCNC(=O)N2CCOC(c3ccc(F)cc3)C2)c1. The molecule has 2 amide bonds. The molecule has 3 rings (SSSR count). The highest BCUT2D eigenvalue weighted by molar-refractivity contribution is 5.74. The molecule has 0 aromatic heterocycles. The van der Waals surface area contributed by atoms with E-state index in [1.807, 2.05) is 18.2 Å². The van der Waals surface area contributed by atoms with Crippen LogP contribution in [0.5, 0.6) is 11.5 Å². The monoisotopic (exact) mass is 388 g/mol. The first-order valence-corrected chi connectivity index (χ1v) is 9.21. The number of rotatable bonds is 6. The van der Waals surface area contributed by atoms with Gasteiger partial charge < -0.3 is 24.4 Å². The number of morpholine rings is 1. The number of nitrogens with zero attached hydrogens (tertiary/aromatic N) is 1. The lowest BCUT2D eigenvalue weighted by atomic mass is 10.1. The first-order chi connectivity index (χ1) is 13.6. The van der Waals surface area contributed by atoms with Crippen molar-refractivity contribution >= 4 is 6.03 Å². The van der Waals surface area contributed by atoms with E-state index < -0.39 is 0 Å². The molecule has 1 saturated heterocycles. The van der Waals surface area contributed by atoms with Crippen LogP contribution in [-0.2, 0) is 11.2 Å². The van der Waals surface area contributed by atoms with Gasteiger partial charge in [0.05, 0.1) is 27.4 Å². The Hall–Kier alpha value is -2.80. The zero-order valence-corrected chi connectivity index (χ0v) is 16.1. The molecule has 0 saturated carbocycles. The van der Waals surface area contributed by atoms with Crippen molar-refractivity contribution in [1.82, 2.24) is 10.2 Å². The number of ether oxygens (including phenoxy) is 3. The van der Waals surface area contributed by atoms with E-state index >= 15 is 0 Å². The molecular formula is C21H25FN2O4. The van der Waals surface area contributed by atoms with Crippen molar-refractivity contribution in [2.75, 3.05) is 40.5 Å². The molecule has 1 heterocycles. The maximum Gasteiger partial charge on any atom is 0.317 e. The van der Waals surface area contributed by atoms with Crippen molar-refractivity contribution in [3.8, 4) is 11.5 Å². The van der Waals surface area contributed by atoms with E-state index in [1.54, 1.807) is 31.3 Å². The quantitative estimate of drug-likeness (QED) is 0.826. The molecule has 6 nitrogen and oxygen atoms in total. The van der Waals surface area contributed by atoms with Crippen molar-refractivity contribution in [2.24, 2.45) is 0 Å². The third-order valence-corrected chi connectivity index (χ3v) is 4.75. The van der Waals surface area contributed by atoms with Crippen LogP contribution in [0.25, 0.3) is 0 Å². The first-order valence-electron chi connectivity index (χ1n) is 9.21. The number of benzene rings is 2. The summed E-state index contributed by atoms with van der Waals surface area (Å²) in [4.78, 5) is 14.3. The standard InChI is InChI=1S/C21H25FN2O4/c1-26-18-7-8-19(27-2)16(13-18)9-10-23-21(25)24-11-12-28-20(14-24)15-3-5-17(22)6-4-15/h3-8,13,20H,9-12,14H2,1-2H3,(H,23,25). The maximum atomic E-state index is 13.1. The van der Waals surface area contributed by atoms with Gasteiger partial charge in [-0.2, -0.15) is 0 Å². The van der Waals surface area contributed by atoms with Gasteiger partial charge in [0.2, 0.25) is 0 Å². The van der Waals surface area contributed by atoms with Crippen LogP contribution in [0.15, 0.2) is 42.5 Å². The molecule has 1 aliphatic rings. The molecule has 1 fully saturated rings. The second-order valence-corrected chi connectivity index (χ2v) is 6.52. The van der Waals surface area contributed by atoms with Gasteiger partial charge in [0, 0.05) is 13.1 Å². The van der Waals surface area contributed by atoms with Crippen molar-refractivity contribution in [3.63, 3.8) is 0 Å². The number of amides is 2. The minimum absolute atomic E-state index is 0.141. The smallest absolute Gasteiger partial charge is 0.317 e. The van der Waals surface area contributed by atoms with E-state index in [0.29, 0.717) is 32.7 Å². The van der Waals surface area contributed by atoms with Gasteiger partial charge in [-0.15, -0.1) is 0 Å². The normalized spacial score (nSPS) is 16.5. The zero-order valence-electron chi connectivity index (χ0n) is 16.1. The van der Waals surface area contributed by atoms with Crippen LogP contribution < -0.4 is 14.8 Å². The summed E-state index contributed by atoms with van der Waals surface area (Å²) in [6.45, 7) is 1.87. The van der Waals surface area contributed by atoms with Gasteiger partial charge in [0.25, 0.3) is 0 Å². The number of carbonyl (C=O) groups is 1. The summed E-state index contributed by atoms with van der Waals surface area (Å²) in [5, 5.41) is 2.95. The molecule has 0 spiro atoms. The largest absolute Gasteiger partial charge is 0.497 e. The van der Waals surface area contributed by atoms with Gasteiger partial charge in [-0.25, -0.2) is 9.18 Å². The highest BCUT2D eigenvalue weighted by atomic mass is 19.1. The van der Waals surface area contributed by atoms with Crippen LogP contribution in [-0.4, -0.2) is 51.4 Å². The number of halogens is 1. The number of methoxy groups -OCH3 is 2. The fourth-order valence-corrected chi connectivity index (χ4v) is 3.21. The van der Waals surface area contributed by atoms with Gasteiger partial charge in [-0.3, -0.25) is 0 Å². The van der Waals surface area contributed by atoms with Crippen LogP contribution in [0, 0.1) is 5.82 Å². The number of hydrogen-bond acceptors (Lipinski definition) is 4. The van der Waals surface area contributed by atoms with E-state index in [-0.39, 0.29) is 18.0 Å². The molecule has 7 heteroatoms. The van der Waals surface area contributed by atoms with Crippen LogP contribution in [0.2, 0.25) is 0 Å². The Labute approximate surface area is 164 Å². The number of urea groups is 1. The average Bonchev–Trinajstić information content (AvgIpc) is 2.74. The first kappa shape index (κ1) is 19.9. The molecular weight excluding hydrogens is 363 g/mol. The third-order valence-electron chi connectivity index (χ3n) is 4.75. The fraction of sp³-hybridized carbons (Fsp3) is 0.381. The Morgan fingerprint density at radius 1 is 1.21 bits per heavy atom. The predicted molar refractivity (Wildman–Crippen MR) is 103 cm³/mol. The molecule has 2 aromatic rings. The van der Waals surface area contributed by atoms with Gasteiger partial charge >= 0.3 is 6.03 Å². The third kappa shape index (κ3) is 4.92. The molecule has 0 radical (unpaired) electrons. The lowest BCUT2D eigenvalue weighted by Crippen LogP contribution is -2.47. The fourth-order valence-electron chi connectivity index (χ4n) is 3.21. The minimum Gasteiger partial charge on any atom is -0.497 e. The van der Waals surface area contributed by atoms with Gasteiger partial charge in [-0.05, 0) is 47.9 Å². The summed E-state index contributed by atoms with van der Waals surface area (Å²) in [6, 6.07) is 11.6. The molecule has 1 aliphatic heterocycles. The summed E-state index contributed by atoms with van der Waals surface area (Å²) in [5.41, 5.74) is 1.83. The molecule has 0 aliphatic carbocycles. The molecule has 2 aromatic carbocycles. The highest BCUT2D eigenvalue weighted by Crippen LogP contribution is 2.25. The van der Waals surface area contributed by atoms with Crippen LogP contribution in [0.3, 0.4) is 0 Å². The topological polar surface area (TPSA) is 60.0 Å². The molecule has 1 N–H and O–H groups in total. The van der Waals surface area contributed by atoms with Crippen LogP contribution in [0.4, 0.5) is 9.18 Å². The summed E-state index contributed by atoms with van der Waals surface area (Å²) < 4.78 is 29.5. The average molecular weight is 388 g/mol. The Kier molecular flexibility index (Phi) is 6.71. The van der Waals surface area contributed by atoms with Crippen molar-refractivity contribution in [2.45, 2.75) is 12.5 Å². The minimum atomic E-state index is -0.290. The Bertz CT molecular complexity index is 797. The second-order valence-electron chi connectivity index (χ2n) is 6.52. The number of hydrogen-bond donors (Lipinski definition) is 1. The van der Waals surface area contributed by atoms with Gasteiger partial charge in [0.15, 0.2) is 0 Å². The molecule has 28 heavy (non-hydrogen) atoms. The molecule has 0 bridgehead atoms. The number of nitrogens with one attached hydrogen (secondary N) is 1. The molecule has 1 unspecified atom stereocenters. The Morgan fingerprint density at radius 3 is 2.71 bits per heavy atom. The Morgan fingerprint density at radius 2 is 2.00 bits per heavy atom. The summed E-state index contributed by atoms with van der Waals surface area (Å²) in [7, 11) is 3.23. The van der Waals surface area contributed by atoms with E-state index in [4.69, 9.17) is 14.2 Å². The van der Waals surface area contributed by atoms with Crippen LogP contribution in [0.1, 0.15) is 17.2 Å². The van der Waals surface area contributed by atoms with Crippen molar-refractivity contribution < 1.29 is 23.4 Å². The summed E-state index contributed by atoms with van der Waals surface area (Å²) >= 11 is 0. The van der Waals surface area contributed by atoms with E-state index in [2.05, 4.69) is 5.32 Å². The lowest BCUT2D eigenvalue weighted by Gasteiger charge is -2.33. The lowest BCUT2D eigenvalue weighted by molar-refractivity contribution is -0.0154. The number of carbonyl (C=O) groups excluding carboxylic acids is 1.